The van der Waals surface area contributed by atoms with Crippen LogP contribution in [0.5, 0.6) is 5.75 Å². The molecule has 0 spiro atoms. The number of hydrogen-bond donors (Lipinski definition) is 2. The van der Waals surface area contributed by atoms with E-state index in [2.05, 4.69) is 22.3 Å². The number of rotatable bonds is 6. The molecule has 1 saturated heterocycles. The number of nitrogens with zero attached hydrogens (tertiary/aromatic N) is 1. The Kier molecular flexibility index (Phi) is 8.44. The van der Waals surface area contributed by atoms with Crippen LogP contribution in [0.25, 0.3) is 0 Å². The van der Waals surface area contributed by atoms with Crippen LogP contribution in [0.15, 0.2) is 24.3 Å². The molecule has 2 saturated carbocycles. The second kappa shape index (κ2) is 10.1. The van der Waals surface area contributed by atoms with Crippen LogP contribution in [0.1, 0.15) is 43.7 Å². The molecule has 5 nitrogen and oxygen atoms in total. The van der Waals surface area contributed by atoms with E-state index in [-0.39, 0.29) is 48.7 Å². The summed E-state index contributed by atoms with van der Waals surface area (Å²) >= 11 is 0. The zero-order valence-electron chi connectivity index (χ0n) is 16.5. The highest BCUT2D eigenvalue weighted by molar-refractivity contribution is 5.85. The van der Waals surface area contributed by atoms with E-state index in [1.54, 1.807) is 7.11 Å². The Morgan fingerprint density at radius 1 is 1.18 bits per heavy atom. The Hall–Kier alpha value is -1.01. The van der Waals surface area contributed by atoms with Gasteiger partial charge in [-0.1, -0.05) is 12.1 Å². The van der Waals surface area contributed by atoms with Crippen LogP contribution in [0, 0.1) is 17.8 Å². The molecule has 1 aromatic carbocycles. The van der Waals surface area contributed by atoms with Gasteiger partial charge in [0.2, 0.25) is 5.91 Å². The summed E-state index contributed by atoms with van der Waals surface area (Å²) in [5.74, 6) is 2.12. The summed E-state index contributed by atoms with van der Waals surface area (Å²) in [5.41, 5.74) is 7.59. The van der Waals surface area contributed by atoms with E-state index in [0.717, 1.165) is 25.3 Å². The van der Waals surface area contributed by atoms with E-state index in [1.807, 2.05) is 12.1 Å². The first-order valence-corrected chi connectivity index (χ1v) is 10.1. The zero-order chi connectivity index (χ0) is 18.1. The minimum Gasteiger partial charge on any atom is -0.497 e. The van der Waals surface area contributed by atoms with Crippen molar-refractivity contribution >= 4 is 30.7 Å². The van der Waals surface area contributed by atoms with Crippen LogP contribution in [0.3, 0.4) is 0 Å². The van der Waals surface area contributed by atoms with Gasteiger partial charge in [0.05, 0.1) is 19.1 Å². The number of methoxy groups -OCH3 is 1. The SMILES string of the molecule is COc1ccc(C(CNC(=O)C2C3CCC(C3)C2N)N2CCCC2)cc1.Cl.Cl. The molecular formula is C21H33Cl2N3O2. The number of nitrogens with two attached hydrogens (primary N) is 1. The highest BCUT2D eigenvalue weighted by atomic mass is 35.5. The number of likely N-dealkylation sites (tertiary alicyclic amines) is 1. The molecule has 5 unspecified atom stereocenters. The Balaban J connectivity index is 0.00000140. The van der Waals surface area contributed by atoms with E-state index in [1.165, 1.54) is 31.2 Å². The van der Waals surface area contributed by atoms with Crippen molar-refractivity contribution in [3.05, 3.63) is 29.8 Å². The fourth-order valence-electron chi connectivity index (χ4n) is 5.38. The highest BCUT2D eigenvalue weighted by Gasteiger charge is 2.49. The van der Waals surface area contributed by atoms with Gasteiger partial charge in [0, 0.05) is 12.6 Å². The molecule has 0 radical (unpaired) electrons. The van der Waals surface area contributed by atoms with Crippen molar-refractivity contribution in [3.63, 3.8) is 0 Å². The third-order valence-corrected chi connectivity index (χ3v) is 6.84. The van der Waals surface area contributed by atoms with Crippen molar-refractivity contribution in [2.45, 2.75) is 44.2 Å². The second-order valence-electron chi connectivity index (χ2n) is 8.21. The summed E-state index contributed by atoms with van der Waals surface area (Å²) in [6.45, 7) is 2.85. The number of amides is 1. The molecule has 2 aliphatic carbocycles. The lowest BCUT2D eigenvalue weighted by Crippen LogP contribution is -2.47. The lowest BCUT2D eigenvalue weighted by atomic mass is 9.84. The molecule has 5 atom stereocenters. The Bertz CT molecular complexity index is 635. The maximum Gasteiger partial charge on any atom is 0.225 e. The summed E-state index contributed by atoms with van der Waals surface area (Å²) in [7, 11) is 1.69. The van der Waals surface area contributed by atoms with E-state index in [9.17, 15) is 4.79 Å². The third kappa shape index (κ3) is 4.59. The maximum atomic E-state index is 12.9. The number of ether oxygens (including phenoxy) is 1. The lowest BCUT2D eigenvalue weighted by molar-refractivity contribution is -0.127. The van der Waals surface area contributed by atoms with Gasteiger partial charge in [-0.15, -0.1) is 24.8 Å². The van der Waals surface area contributed by atoms with E-state index < -0.39 is 0 Å². The van der Waals surface area contributed by atoms with Gasteiger partial charge in [-0.25, -0.2) is 0 Å². The largest absolute Gasteiger partial charge is 0.497 e. The first-order chi connectivity index (χ1) is 12.7. The van der Waals surface area contributed by atoms with Crippen molar-refractivity contribution in [3.8, 4) is 5.75 Å². The van der Waals surface area contributed by atoms with Gasteiger partial charge in [0.1, 0.15) is 5.75 Å². The predicted molar refractivity (Wildman–Crippen MR) is 116 cm³/mol. The molecular weight excluding hydrogens is 397 g/mol. The molecule has 1 amide bonds. The van der Waals surface area contributed by atoms with E-state index >= 15 is 0 Å². The van der Waals surface area contributed by atoms with Crippen LogP contribution in [-0.4, -0.2) is 43.6 Å². The molecule has 1 heterocycles. The van der Waals surface area contributed by atoms with Crippen LogP contribution >= 0.6 is 24.8 Å². The summed E-state index contributed by atoms with van der Waals surface area (Å²) in [6.07, 6.45) is 5.99. The van der Waals surface area contributed by atoms with Crippen molar-refractivity contribution < 1.29 is 9.53 Å². The predicted octanol–water partition coefficient (Wildman–Crippen LogP) is 3.17. The minimum absolute atomic E-state index is 0. The fourth-order valence-corrected chi connectivity index (χ4v) is 5.38. The quantitative estimate of drug-likeness (QED) is 0.728. The number of carbonyl (C=O) groups is 1. The minimum atomic E-state index is 0. The van der Waals surface area contributed by atoms with Gasteiger partial charge < -0.3 is 15.8 Å². The molecule has 3 aliphatic rings. The monoisotopic (exact) mass is 429 g/mol. The van der Waals surface area contributed by atoms with Crippen LogP contribution in [-0.2, 0) is 4.79 Å². The van der Waals surface area contributed by atoms with Gasteiger partial charge in [-0.3, -0.25) is 9.69 Å². The first kappa shape index (κ1) is 23.3. The van der Waals surface area contributed by atoms with Crippen molar-refractivity contribution in [2.75, 3.05) is 26.7 Å². The van der Waals surface area contributed by atoms with Crippen molar-refractivity contribution in [1.29, 1.82) is 0 Å². The van der Waals surface area contributed by atoms with Crippen LogP contribution in [0.4, 0.5) is 0 Å². The number of halogens is 2. The van der Waals surface area contributed by atoms with Crippen LogP contribution < -0.4 is 15.8 Å². The Labute approximate surface area is 180 Å². The standard InChI is InChI=1S/C21H31N3O2.2ClH/c1-26-17-8-6-14(7-9-17)18(24-10-2-3-11-24)13-23-21(25)19-15-4-5-16(12-15)20(19)22;;/h6-9,15-16,18-20H,2-5,10-13,22H2,1H3,(H,23,25);2*1H. The average Bonchev–Trinajstić information content (AvgIpc) is 3.40. The number of nitrogens with one attached hydrogen (secondary N) is 1. The maximum absolute atomic E-state index is 12.9. The van der Waals surface area contributed by atoms with Crippen molar-refractivity contribution in [2.24, 2.45) is 23.5 Å². The molecule has 3 N–H and O–H groups in total. The summed E-state index contributed by atoms with van der Waals surface area (Å²) in [6, 6.07) is 8.54. The van der Waals surface area contributed by atoms with E-state index in [0.29, 0.717) is 18.4 Å². The number of benzene rings is 1. The molecule has 2 bridgehead atoms. The molecule has 158 valence electrons. The number of fused-ring (bicyclic) bond motifs is 2. The fraction of sp³-hybridized carbons (Fsp3) is 0.667. The highest BCUT2D eigenvalue weighted by Crippen LogP contribution is 2.47. The van der Waals surface area contributed by atoms with Gasteiger partial charge in [0.15, 0.2) is 0 Å². The van der Waals surface area contributed by atoms with Gasteiger partial charge in [-0.2, -0.15) is 0 Å². The Morgan fingerprint density at radius 3 is 2.39 bits per heavy atom. The van der Waals surface area contributed by atoms with Crippen molar-refractivity contribution in [1.82, 2.24) is 10.2 Å². The second-order valence-corrected chi connectivity index (χ2v) is 8.21. The van der Waals surface area contributed by atoms with Crippen LogP contribution in [0.2, 0.25) is 0 Å². The zero-order valence-corrected chi connectivity index (χ0v) is 18.1. The number of carbonyl (C=O) groups excluding carboxylic acids is 1. The average molecular weight is 430 g/mol. The smallest absolute Gasteiger partial charge is 0.225 e. The molecule has 4 rings (SSSR count). The third-order valence-electron chi connectivity index (χ3n) is 6.84. The normalized spacial score (nSPS) is 29.6. The molecule has 28 heavy (non-hydrogen) atoms. The Morgan fingerprint density at radius 2 is 1.82 bits per heavy atom. The molecule has 7 heteroatoms. The molecule has 0 aromatic heterocycles. The summed E-state index contributed by atoms with van der Waals surface area (Å²) < 4.78 is 5.28. The topological polar surface area (TPSA) is 67.6 Å². The molecule has 3 fully saturated rings. The summed E-state index contributed by atoms with van der Waals surface area (Å²) in [4.78, 5) is 15.4. The van der Waals surface area contributed by atoms with Gasteiger partial charge >= 0.3 is 0 Å². The van der Waals surface area contributed by atoms with E-state index in [4.69, 9.17) is 10.5 Å². The van der Waals surface area contributed by atoms with Gasteiger partial charge in [-0.05, 0) is 74.7 Å². The molecule has 1 aromatic rings. The molecule has 1 aliphatic heterocycles. The van der Waals surface area contributed by atoms with Gasteiger partial charge in [0.25, 0.3) is 0 Å². The lowest BCUT2D eigenvalue weighted by Gasteiger charge is -2.31. The summed E-state index contributed by atoms with van der Waals surface area (Å²) in [5, 5.41) is 3.25. The number of hydrogen-bond acceptors (Lipinski definition) is 4. The first-order valence-electron chi connectivity index (χ1n) is 10.1.